The molecule has 170 valence electrons. The number of hydrogen-bond acceptors (Lipinski definition) is 6. The van der Waals surface area contributed by atoms with Gasteiger partial charge in [-0.25, -0.2) is 9.78 Å². The Hall–Kier alpha value is -3.81. The summed E-state index contributed by atoms with van der Waals surface area (Å²) in [6.45, 7) is 7.54. The van der Waals surface area contributed by atoms with Crippen LogP contribution < -0.4 is 10.1 Å². The number of nitrogens with zero attached hydrogens (tertiary/aromatic N) is 5. The Balaban J connectivity index is 1.37. The van der Waals surface area contributed by atoms with Gasteiger partial charge in [0.1, 0.15) is 5.75 Å². The van der Waals surface area contributed by atoms with E-state index in [1.54, 1.807) is 29.4 Å². The molecular formula is C25H28N6O2. The molecule has 2 amide bonds. The Bertz CT molecular complexity index is 1140. The second-order valence-corrected chi connectivity index (χ2v) is 8.38. The van der Waals surface area contributed by atoms with Crippen molar-refractivity contribution < 1.29 is 9.53 Å². The Morgan fingerprint density at radius 3 is 2.73 bits per heavy atom. The van der Waals surface area contributed by atoms with Gasteiger partial charge in [-0.1, -0.05) is 37.6 Å². The molecule has 1 aromatic carbocycles. The first-order valence-corrected chi connectivity index (χ1v) is 11.1. The smallest absolute Gasteiger partial charge is 0.323 e. The summed E-state index contributed by atoms with van der Waals surface area (Å²) in [6.07, 6.45) is 7.18. The lowest BCUT2D eigenvalue weighted by molar-refractivity contribution is 0.207. The molecule has 0 unspecified atom stereocenters. The minimum absolute atomic E-state index is 0.149. The van der Waals surface area contributed by atoms with Gasteiger partial charge < -0.3 is 9.64 Å². The fourth-order valence-corrected chi connectivity index (χ4v) is 3.78. The topological polar surface area (TPSA) is 93.1 Å². The number of ether oxygens (including phenoxy) is 1. The maximum absolute atomic E-state index is 12.4. The summed E-state index contributed by atoms with van der Waals surface area (Å²) in [5, 5.41) is 10.5. The van der Waals surface area contributed by atoms with Gasteiger partial charge in [-0.15, -0.1) is 5.10 Å². The van der Waals surface area contributed by atoms with Gasteiger partial charge in [0.2, 0.25) is 0 Å². The molecular weight excluding hydrogens is 416 g/mol. The summed E-state index contributed by atoms with van der Waals surface area (Å²) in [5.74, 6) is 1.46. The number of aromatic nitrogens is 4. The molecule has 1 N–H and O–H groups in total. The van der Waals surface area contributed by atoms with Crippen molar-refractivity contribution in [3.63, 3.8) is 0 Å². The third kappa shape index (κ3) is 5.91. The van der Waals surface area contributed by atoms with Crippen molar-refractivity contribution >= 4 is 17.9 Å². The van der Waals surface area contributed by atoms with E-state index in [0.717, 1.165) is 29.7 Å². The number of nitrogens with one attached hydrogen (secondary N) is 1. The van der Waals surface area contributed by atoms with E-state index in [1.165, 1.54) is 5.57 Å². The highest BCUT2D eigenvalue weighted by Gasteiger charge is 2.19. The second-order valence-electron chi connectivity index (χ2n) is 8.38. The molecule has 33 heavy (non-hydrogen) atoms. The Morgan fingerprint density at radius 1 is 1.18 bits per heavy atom. The molecule has 3 heterocycles. The highest BCUT2D eigenvalue weighted by Crippen LogP contribution is 2.25. The van der Waals surface area contributed by atoms with Gasteiger partial charge in [-0.3, -0.25) is 5.32 Å². The van der Waals surface area contributed by atoms with Gasteiger partial charge in [0.05, 0.1) is 5.69 Å². The lowest BCUT2D eigenvalue weighted by Crippen LogP contribution is -2.39. The highest BCUT2D eigenvalue weighted by molar-refractivity contribution is 5.88. The van der Waals surface area contributed by atoms with E-state index in [-0.39, 0.29) is 6.03 Å². The third-order valence-electron chi connectivity index (χ3n) is 5.47. The molecule has 0 atom stereocenters. The van der Waals surface area contributed by atoms with Gasteiger partial charge in [-0.2, -0.15) is 10.1 Å². The predicted molar refractivity (Wildman–Crippen MR) is 127 cm³/mol. The third-order valence-corrected chi connectivity index (χ3v) is 5.47. The number of urea groups is 1. The van der Waals surface area contributed by atoms with Crippen LogP contribution in [0.25, 0.3) is 6.08 Å². The summed E-state index contributed by atoms with van der Waals surface area (Å²) in [4.78, 5) is 23.1. The van der Waals surface area contributed by atoms with Gasteiger partial charge >= 0.3 is 12.0 Å². The van der Waals surface area contributed by atoms with E-state index >= 15 is 0 Å². The molecule has 4 rings (SSSR count). The molecule has 0 bridgehead atoms. The molecule has 1 saturated heterocycles. The minimum atomic E-state index is -0.149. The van der Waals surface area contributed by atoms with Crippen LogP contribution in [0.2, 0.25) is 0 Å². The van der Waals surface area contributed by atoms with E-state index in [9.17, 15) is 4.79 Å². The largest absolute Gasteiger partial charge is 0.424 e. The van der Waals surface area contributed by atoms with Gasteiger partial charge in [0.25, 0.3) is 0 Å². The van der Waals surface area contributed by atoms with Crippen molar-refractivity contribution in [2.24, 2.45) is 0 Å². The van der Waals surface area contributed by atoms with Crippen LogP contribution in [0.15, 0.2) is 54.4 Å². The summed E-state index contributed by atoms with van der Waals surface area (Å²) >= 11 is 0. The van der Waals surface area contributed by atoms with E-state index < -0.39 is 0 Å². The SMILES string of the molecule is Cc1cnc(Oc2cccc(C=C3CCN(C(=O)Nc4cccnn4)CC3)c2)nc1C(C)C. The van der Waals surface area contributed by atoms with Gasteiger partial charge in [0.15, 0.2) is 5.82 Å². The molecule has 0 radical (unpaired) electrons. The second kappa shape index (κ2) is 10.2. The first kappa shape index (κ1) is 22.4. The van der Waals surface area contributed by atoms with Crippen LogP contribution >= 0.6 is 0 Å². The number of amides is 2. The van der Waals surface area contributed by atoms with Crippen LogP contribution in [-0.2, 0) is 0 Å². The number of likely N-dealkylation sites (tertiary alicyclic amines) is 1. The number of piperidine rings is 1. The maximum atomic E-state index is 12.4. The van der Waals surface area contributed by atoms with Crippen LogP contribution in [0, 0.1) is 6.92 Å². The molecule has 8 heteroatoms. The van der Waals surface area contributed by atoms with Crippen molar-refractivity contribution in [3.8, 4) is 11.8 Å². The van der Waals surface area contributed by atoms with Crippen molar-refractivity contribution in [1.29, 1.82) is 0 Å². The van der Waals surface area contributed by atoms with Crippen molar-refractivity contribution in [2.45, 2.75) is 39.5 Å². The van der Waals surface area contributed by atoms with E-state index in [2.05, 4.69) is 45.4 Å². The zero-order valence-corrected chi connectivity index (χ0v) is 19.2. The summed E-state index contributed by atoms with van der Waals surface area (Å²) in [7, 11) is 0. The van der Waals surface area contributed by atoms with Gasteiger partial charge in [0, 0.05) is 25.5 Å². The first-order chi connectivity index (χ1) is 16.0. The summed E-state index contributed by atoms with van der Waals surface area (Å²) < 4.78 is 5.94. The molecule has 1 aliphatic rings. The zero-order valence-electron chi connectivity index (χ0n) is 19.2. The van der Waals surface area contributed by atoms with Crippen LogP contribution in [0.4, 0.5) is 10.6 Å². The Labute approximate surface area is 193 Å². The summed E-state index contributed by atoms with van der Waals surface area (Å²) in [5.41, 5.74) is 4.40. The standard InChI is InChI=1S/C25H28N6O2/c1-17(2)23-18(3)16-26-24(29-23)33-21-7-4-6-20(15-21)14-19-9-12-31(13-10-19)25(32)28-22-8-5-11-27-30-22/h4-8,11,14-17H,9-10,12-13H2,1-3H3,(H,28,30,32). The lowest BCUT2D eigenvalue weighted by Gasteiger charge is -2.28. The number of carbonyl (C=O) groups is 1. The van der Waals surface area contributed by atoms with Crippen molar-refractivity contribution in [2.75, 3.05) is 18.4 Å². The molecule has 8 nitrogen and oxygen atoms in total. The number of aryl methyl sites for hydroxylation is 1. The zero-order chi connectivity index (χ0) is 23.2. The van der Waals surface area contributed by atoms with Gasteiger partial charge in [-0.05, 0) is 61.1 Å². The normalized spacial score (nSPS) is 13.7. The quantitative estimate of drug-likeness (QED) is 0.581. The van der Waals surface area contributed by atoms with E-state index in [1.807, 2.05) is 31.2 Å². The molecule has 2 aromatic heterocycles. The average molecular weight is 445 g/mol. The minimum Gasteiger partial charge on any atom is -0.424 e. The molecule has 0 spiro atoms. The number of hydrogen-bond donors (Lipinski definition) is 1. The number of carbonyl (C=O) groups excluding carboxylic acids is 1. The van der Waals surface area contributed by atoms with Crippen molar-refractivity contribution in [3.05, 3.63) is 71.2 Å². The van der Waals surface area contributed by atoms with Crippen LogP contribution in [0.1, 0.15) is 49.4 Å². The number of rotatable bonds is 5. The fourth-order valence-electron chi connectivity index (χ4n) is 3.78. The predicted octanol–water partition coefficient (Wildman–Crippen LogP) is 5.20. The lowest BCUT2D eigenvalue weighted by atomic mass is 10.0. The van der Waals surface area contributed by atoms with Crippen LogP contribution in [0.5, 0.6) is 11.8 Å². The van der Waals surface area contributed by atoms with E-state index in [0.29, 0.717) is 36.6 Å². The Morgan fingerprint density at radius 2 is 2.00 bits per heavy atom. The van der Waals surface area contributed by atoms with Crippen molar-refractivity contribution in [1.82, 2.24) is 25.1 Å². The van der Waals surface area contributed by atoms with E-state index in [4.69, 9.17) is 4.74 Å². The highest BCUT2D eigenvalue weighted by atomic mass is 16.5. The monoisotopic (exact) mass is 444 g/mol. The summed E-state index contributed by atoms with van der Waals surface area (Å²) in [6, 6.07) is 11.6. The average Bonchev–Trinajstić information content (AvgIpc) is 2.81. The van der Waals surface area contributed by atoms with Crippen LogP contribution in [-0.4, -0.2) is 44.2 Å². The maximum Gasteiger partial charge on any atom is 0.323 e. The molecule has 0 saturated carbocycles. The number of anilines is 1. The first-order valence-electron chi connectivity index (χ1n) is 11.1. The molecule has 0 aliphatic carbocycles. The molecule has 1 aliphatic heterocycles. The fraction of sp³-hybridized carbons (Fsp3) is 0.320. The molecule has 3 aromatic rings. The Kier molecular flexibility index (Phi) is 6.92. The van der Waals surface area contributed by atoms with Crippen LogP contribution in [0.3, 0.4) is 0 Å². The molecule has 1 fully saturated rings. The number of benzene rings is 1.